The Balaban J connectivity index is 1.61. The summed E-state index contributed by atoms with van der Waals surface area (Å²) >= 11 is 0. The van der Waals surface area contributed by atoms with Crippen LogP contribution in [0, 0.1) is 0 Å². The summed E-state index contributed by atoms with van der Waals surface area (Å²) in [6.45, 7) is 6.18. The maximum atomic E-state index is 12.5. The average Bonchev–Trinajstić information content (AvgIpc) is 2.77. The van der Waals surface area contributed by atoms with Gasteiger partial charge >= 0.3 is 0 Å². The Kier molecular flexibility index (Phi) is 7.15. The SMILES string of the molecule is COc1ccccc1C1(CNC(=O)COc2ccc(C(C)C)cc2)CCOCC1. The number of carbonyl (C=O) groups is 1. The highest BCUT2D eigenvalue weighted by molar-refractivity contribution is 5.77. The molecule has 0 radical (unpaired) electrons. The van der Waals surface area contributed by atoms with Crippen LogP contribution in [0.15, 0.2) is 48.5 Å². The smallest absolute Gasteiger partial charge is 0.257 e. The second-order valence-corrected chi connectivity index (χ2v) is 7.88. The van der Waals surface area contributed by atoms with Crippen molar-refractivity contribution < 1.29 is 19.0 Å². The number of nitrogens with one attached hydrogen (secondary N) is 1. The molecule has 5 nitrogen and oxygen atoms in total. The maximum Gasteiger partial charge on any atom is 0.257 e. The molecule has 0 aromatic heterocycles. The van der Waals surface area contributed by atoms with Crippen LogP contribution in [0.25, 0.3) is 0 Å². The Bertz CT molecular complexity index is 795. The fourth-order valence-electron chi connectivity index (χ4n) is 3.80. The van der Waals surface area contributed by atoms with E-state index in [0.717, 1.165) is 24.2 Å². The predicted octanol–water partition coefficient (Wildman–Crippen LogP) is 4.06. The number of hydrogen-bond donors (Lipinski definition) is 1. The van der Waals surface area contributed by atoms with Crippen LogP contribution in [-0.4, -0.2) is 39.4 Å². The molecule has 1 aliphatic rings. The lowest BCUT2D eigenvalue weighted by atomic mass is 9.73. The normalized spacial score (nSPS) is 15.7. The first kappa shape index (κ1) is 21.2. The molecule has 1 saturated heterocycles. The quantitative estimate of drug-likeness (QED) is 0.730. The fraction of sp³-hybridized carbons (Fsp3) is 0.458. The monoisotopic (exact) mass is 397 g/mol. The number of rotatable bonds is 8. The number of para-hydroxylation sites is 1. The van der Waals surface area contributed by atoms with Gasteiger partial charge in [0.15, 0.2) is 6.61 Å². The fourth-order valence-corrected chi connectivity index (χ4v) is 3.80. The number of amides is 1. The largest absolute Gasteiger partial charge is 0.496 e. The van der Waals surface area contributed by atoms with Crippen molar-refractivity contribution in [3.63, 3.8) is 0 Å². The van der Waals surface area contributed by atoms with Crippen molar-refractivity contribution in [3.8, 4) is 11.5 Å². The maximum absolute atomic E-state index is 12.5. The van der Waals surface area contributed by atoms with Gasteiger partial charge in [0.1, 0.15) is 11.5 Å². The van der Waals surface area contributed by atoms with Crippen LogP contribution in [0.5, 0.6) is 11.5 Å². The molecule has 5 heteroatoms. The minimum absolute atomic E-state index is 0.000466. The lowest BCUT2D eigenvalue weighted by Crippen LogP contribution is -2.45. The van der Waals surface area contributed by atoms with E-state index in [2.05, 4.69) is 25.2 Å². The highest BCUT2D eigenvalue weighted by Crippen LogP contribution is 2.39. The third kappa shape index (κ3) is 5.30. The molecule has 3 rings (SSSR count). The molecule has 1 aliphatic heterocycles. The summed E-state index contributed by atoms with van der Waals surface area (Å²) in [4.78, 5) is 12.5. The zero-order chi connectivity index (χ0) is 20.7. The highest BCUT2D eigenvalue weighted by atomic mass is 16.5. The first-order valence-electron chi connectivity index (χ1n) is 10.2. The molecular weight excluding hydrogens is 366 g/mol. The number of methoxy groups -OCH3 is 1. The van der Waals surface area contributed by atoms with Crippen molar-refractivity contribution in [2.75, 3.05) is 33.5 Å². The first-order valence-corrected chi connectivity index (χ1v) is 10.2. The Morgan fingerprint density at radius 1 is 1.10 bits per heavy atom. The van der Waals surface area contributed by atoms with Gasteiger partial charge in [-0.25, -0.2) is 0 Å². The lowest BCUT2D eigenvalue weighted by molar-refractivity contribution is -0.123. The molecular formula is C24H31NO4. The summed E-state index contributed by atoms with van der Waals surface area (Å²) in [5.74, 6) is 1.90. The Morgan fingerprint density at radius 2 is 1.79 bits per heavy atom. The first-order chi connectivity index (χ1) is 14.0. The minimum Gasteiger partial charge on any atom is -0.496 e. The van der Waals surface area contributed by atoms with E-state index in [1.807, 2.05) is 42.5 Å². The average molecular weight is 398 g/mol. The molecule has 0 spiro atoms. The molecule has 1 N–H and O–H groups in total. The van der Waals surface area contributed by atoms with Gasteiger partial charge in [-0.1, -0.05) is 44.2 Å². The Morgan fingerprint density at radius 3 is 2.45 bits per heavy atom. The van der Waals surface area contributed by atoms with Gasteiger partial charge in [-0.15, -0.1) is 0 Å². The van der Waals surface area contributed by atoms with Gasteiger partial charge in [-0.05, 0) is 42.5 Å². The standard InChI is InChI=1S/C24H31NO4/c1-18(2)19-8-10-20(11-9-19)29-16-23(26)25-17-24(12-14-28-15-13-24)21-6-4-5-7-22(21)27-3/h4-11,18H,12-17H2,1-3H3,(H,25,26). The molecule has 2 aromatic rings. The van der Waals surface area contributed by atoms with Crippen molar-refractivity contribution in [3.05, 3.63) is 59.7 Å². The van der Waals surface area contributed by atoms with E-state index in [-0.39, 0.29) is 17.9 Å². The molecule has 29 heavy (non-hydrogen) atoms. The minimum atomic E-state index is -0.195. The van der Waals surface area contributed by atoms with Crippen LogP contribution >= 0.6 is 0 Å². The molecule has 0 bridgehead atoms. The number of carbonyl (C=O) groups excluding carboxylic acids is 1. The molecule has 0 unspecified atom stereocenters. The van der Waals surface area contributed by atoms with Crippen LogP contribution in [0.4, 0.5) is 0 Å². The topological polar surface area (TPSA) is 56.8 Å². The Hall–Kier alpha value is -2.53. The van der Waals surface area contributed by atoms with Crippen molar-refractivity contribution in [1.82, 2.24) is 5.32 Å². The zero-order valence-electron chi connectivity index (χ0n) is 17.6. The van der Waals surface area contributed by atoms with Gasteiger partial charge < -0.3 is 19.5 Å². The van der Waals surface area contributed by atoms with Gasteiger partial charge in [0.05, 0.1) is 7.11 Å². The van der Waals surface area contributed by atoms with Crippen molar-refractivity contribution in [2.24, 2.45) is 0 Å². The van der Waals surface area contributed by atoms with Gasteiger partial charge in [0.25, 0.3) is 5.91 Å². The molecule has 2 aromatic carbocycles. The Labute approximate surface area is 173 Å². The van der Waals surface area contributed by atoms with E-state index in [1.165, 1.54) is 5.56 Å². The van der Waals surface area contributed by atoms with Crippen molar-refractivity contribution in [1.29, 1.82) is 0 Å². The van der Waals surface area contributed by atoms with Crippen LogP contribution in [0.1, 0.15) is 43.7 Å². The molecule has 0 aliphatic carbocycles. The van der Waals surface area contributed by atoms with E-state index < -0.39 is 0 Å². The second kappa shape index (κ2) is 9.79. The summed E-state index contributed by atoms with van der Waals surface area (Å²) in [6.07, 6.45) is 1.68. The van der Waals surface area contributed by atoms with E-state index in [0.29, 0.717) is 31.4 Å². The highest BCUT2D eigenvalue weighted by Gasteiger charge is 2.37. The molecule has 0 atom stereocenters. The second-order valence-electron chi connectivity index (χ2n) is 7.88. The molecule has 0 saturated carbocycles. The third-order valence-electron chi connectivity index (χ3n) is 5.67. The summed E-state index contributed by atoms with van der Waals surface area (Å²) in [7, 11) is 1.68. The van der Waals surface area contributed by atoms with Crippen LogP contribution in [0.2, 0.25) is 0 Å². The molecule has 156 valence electrons. The lowest BCUT2D eigenvalue weighted by Gasteiger charge is -2.38. The summed E-state index contributed by atoms with van der Waals surface area (Å²) < 4.78 is 16.8. The zero-order valence-corrected chi connectivity index (χ0v) is 17.6. The van der Waals surface area contributed by atoms with Crippen LogP contribution < -0.4 is 14.8 Å². The number of benzene rings is 2. The molecule has 1 amide bonds. The van der Waals surface area contributed by atoms with E-state index in [1.54, 1.807) is 7.11 Å². The van der Waals surface area contributed by atoms with E-state index in [9.17, 15) is 4.79 Å². The van der Waals surface area contributed by atoms with Crippen LogP contribution in [0.3, 0.4) is 0 Å². The van der Waals surface area contributed by atoms with Crippen molar-refractivity contribution >= 4 is 5.91 Å². The van der Waals surface area contributed by atoms with E-state index in [4.69, 9.17) is 14.2 Å². The molecule has 1 heterocycles. The van der Waals surface area contributed by atoms with Gasteiger partial charge in [0, 0.05) is 30.7 Å². The van der Waals surface area contributed by atoms with E-state index >= 15 is 0 Å². The summed E-state index contributed by atoms with van der Waals surface area (Å²) in [5, 5.41) is 3.07. The predicted molar refractivity (Wildman–Crippen MR) is 114 cm³/mol. The summed E-state index contributed by atoms with van der Waals surface area (Å²) in [6, 6.07) is 15.9. The van der Waals surface area contributed by atoms with Crippen molar-refractivity contribution in [2.45, 2.75) is 38.0 Å². The van der Waals surface area contributed by atoms with Gasteiger partial charge in [-0.2, -0.15) is 0 Å². The van der Waals surface area contributed by atoms with Gasteiger partial charge in [-0.3, -0.25) is 4.79 Å². The van der Waals surface area contributed by atoms with Crippen LogP contribution in [-0.2, 0) is 14.9 Å². The number of ether oxygens (including phenoxy) is 3. The number of hydrogen-bond acceptors (Lipinski definition) is 4. The third-order valence-corrected chi connectivity index (χ3v) is 5.67. The summed E-state index contributed by atoms with van der Waals surface area (Å²) in [5.41, 5.74) is 2.18. The molecule has 1 fully saturated rings. The van der Waals surface area contributed by atoms with Gasteiger partial charge in [0.2, 0.25) is 0 Å².